The standard InChI is InChI=1S/C16H27NO/c1-4-16(2,3)13-7-9-14(10-8-13)17-12-15-6-5-11-18-15/h5-6,11,13-14,17H,4,7-10,12H2,1-3H3. The lowest BCUT2D eigenvalue weighted by Crippen LogP contribution is -2.36. The Hall–Kier alpha value is -0.760. The molecule has 1 aliphatic carbocycles. The average Bonchev–Trinajstić information content (AvgIpc) is 2.90. The minimum absolute atomic E-state index is 0.520. The monoisotopic (exact) mass is 249 g/mol. The van der Waals surface area contributed by atoms with Gasteiger partial charge in [-0.05, 0) is 49.1 Å². The van der Waals surface area contributed by atoms with Crippen molar-refractivity contribution in [1.82, 2.24) is 5.32 Å². The summed E-state index contributed by atoms with van der Waals surface area (Å²) in [5.41, 5.74) is 0.520. The van der Waals surface area contributed by atoms with Crippen LogP contribution in [0.4, 0.5) is 0 Å². The molecule has 1 aromatic heterocycles. The second-order valence-electron chi connectivity index (χ2n) is 6.35. The molecule has 1 heterocycles. The minimum Gasteiger partial charge on any atom is -0.468 e. The molecule has 1 saturated carbocycles. The van der Waals surface area contributed by atoms with E-state index in [1.54, 1.807) is 6.26 Å². The molecule has 102 valence electrons. The molecule has 0 aromatic carbocycles. The first kappa shape index (κ1) is 13.7. The lowest BCUT2D eigenvalue weighted by atomic mass is 9.69. The maximum atomic E-state index is 5.35. The molecule has 0 spiro atoms. The Morgan fingerprint density at radius 1 is 1.28 bits per heavy atom. The predicted molar refractivity (Wildman–Crippen MR) is 75.4 cm³/mol. The normalized spacial score (nSPS) is 25.3. The van der Waals surface area contributed by atoms with Gasteiger partial charge in [0, 0.05) is 6.04 Å². The molecular weight excluding hydrogens is 222 g/mol. The fourth-order valence-electron chi connectivity index (χ4n) is 3.03. The first-order valence-corrected chi connectivity index (χ1v) is 7.37. The van der Waals surface area contributed by atoms with Crippen molar-refractivity contribution >= 4 is 0 Å². The number of nitrogens with one attached hydrogen (secondary N) is 1. The highest BCUT2D eigenvalue weighted by molar-refractivity contribution is 4.98. The fraction of sp³-hybridized carbons (Fsp3) is 0.750. The van der Waals surface area contributed by atoms with E-state index in [1.807, 2.05) is 12.1 Å². The van der Waals surface area contributed by atoms with Crippen LogP contribution < -0.4 is 5.32 Å². The highest BCUT2D eigenvalue weighted by atomic mass is 16.3. The van der Waals surface area contributed by atoms with Crippen LogP contribution in [-0.4, -0.2) is 6.04 Å². The van der Waals surface area contributed by atoms with Gasteiger partial charge in [0.1, 0.15) is 5.76 Å². The van der Waals surface area contributed by atoms with Crippen LogP contribution in [0.15, 0.2) is 22.8 Å². The zero-order valence-electron chi connectivity index (χ0n) is 12.0. The Balaban J connectivity index is 1.73. The van der Waals surface area contributed by atoms with Crippen molar-refractivity contribution in [3.05, 3.63) is 24.2 Å². The van der Waals surface area contributed by atoms with E-state index in [-0.39, 0.29) is 0 Å². The molecule has 0 radical (unpaired) electrons. The number of furan rings is 1. The third-order valence-corrected chi connectivity index (χ3v) is 4.89. The van der Waals surface area contributed by atoms with E-state index in [1.165, 1.54) is 32.1 Å². The second kappa shape index (κ2) is 5.92. The van der Waals surface area contributed by atoms with Crippen LogP contribution in [0.2, 0.25) is 0 Å². The van der Waals surface area contributed by atoms with Gasteiger partial charge in [0.05, 0.1) is 12.8 Å². The van der Waals surface area contributed by atoms with E-state index < -0.39 is 0 Å². The first-order chi connectivity index (χ1) is 8.62. The van der Waals surface area contributed by atoms with Crippen molar-refractivity contribution in [2.45, 2.75) is 65.5 Å². The van der Waals surface area contributed by atoms with E-state index >= 15 is 0 Å². The highest BCUT2D eigenvalue weighted by Gasteiger charge is 2.31. The Morgan fingerprint density at radius 2 is 2.00 bits per heavy atom. The summed E-state index contributed by atoms with van der Waals surface area (Å²) in [6.45, 7) is 8.04. The van der Waals surface area contributed by atoms with Crippen LogP contribution >= 0.6 is 0 Å². The molecule has 0 unspecified atom stereocenters. The minimum atomic E-state index is 0.520. The van der Waals surface area contributed by atoms with Gasteiger partial charge in [-0.3, -0.25) is 0 Å². The number of rotatable bonds is 5. The molecule has 1 aliphatic rings. The molecule has 18 heavy (non-hydrogen) atoms. The molecule has 0 saturated heterocycles. The van der Waals surface area contributed by atoms with Gasteiger partial charge in [-0.15, -0.1) is 0 Å². The average molecular weight is 249 g/mol. The summed E-state index contributed by atoms with van der Waals surface area (Å²) in [6.07, 6.45) is 8.41. The Labute approximate surface area is 111 Å². The van der Waals surface area contributed by atoms with Gasteiger partial charge in [0.15, 0.2) is 0 Å². The van der Waals surface area contributed by atoms with Crippen LogP contribution in [-0.2, 0) is 6.54 Å². The Morgan fingerprint density at radius 3 is 2.56 bits per heavy atom. The molecule has 0 bridgehead atoms. The zero-order chi connectivity index (χ0) is 13.0. The van der Waals surface area contributed by atoms with E-state index in [0.29, 0.717) is 11.5 Å². The topological polar surface area (TPSA) is 25.2 Å². The van der Waals surface area contributed by atoms with Gasteiger partial charge in [0.2, 0.25) is 0 Å². The maximum absolute atomic E-state index is 5.35. The van der Waals surface area contributed by atoms with Crippen LogP contribution in [0.25, 0.3) is 0 Å². The van der Waals surface area contributed by atoms with Crippen LogP contribution in [0, 0.1) is 11.3 Å². The first-order valence-electron chi connectivity index (χ1n) is 7.37. The van der Waals surface area contributed by atoms with Gasteiger partial charge in [-0.1, -0.05) is 27.2 Å². The SMILES string of the molecule is CCC(C)(C)C1CCC(NCc2ccco2)CC1. The molecule has 2 rings (SSSR count). The maximum Gasteiger partial charge on any atom is 0.117 e. The van der Waals surface area contributed by atoms with Gasteiger partial charge >= 0.3 is 0 Å². The zero-order valence-corrected chi connectivity index (χ0v) is 12.0. The third-order valence-electron chi connectivity index (χ3n) is 4.89. The largest absolute Gasteiger partial charge is 0.468 e. The van der Waals surface area contributed by atoms with E-state index in [2.05, 4.69) is 26.1 Å². The summed E-state index contributed by atoms with van der Waals surface area (Å²) >= 11 is 0. The lowest BCUT2D eigenvalue weighted by molar-refractivity contribution is 0.136. The summed E-state index contributed by atoms with van der Waals surface area (Å²) in [4.78, 5) is 0. The van der Waals surface area contributed by atoms with Crippen molar-refractivity contribution in [3.8, 4) is 0 Å². The molecular formula is C16H27NO. The highest BCUT2D eigenvalue weighted by Crippen LogP contribution is 2.40. The second-order valence-corrected chi connectivity index (χ2v) is 6.35. The third kappa shape index (κ3) is 3.38. The van der Waals surface area contributed by atoms with Crippen LogP contribution in [0.3, 0.4) is 0 Å². The lowest BCUT2D eigenvalue weighted by Gasteiger charge is -2.39. The molecule has 1 fully saturated rings. The van der Waals surface area contributed by atoms with Crippen molar-refractivity contribution in [2.75, 3.05) is 0 Å². The van der Waals surface area contributed by atoms with Gasteiger partial charge < -0.3 is 9.73 Å². The molecule has 1 aromatic rings. The van der Waals surface area contributed by atoms with Crippen LogP contribution in [0.1, 0.15) is 58.6 Å². The summed E-state index contributed by atoms with van der Waals surface area (Å²) in [5, 5.41) is 3.62. The molecule has 2 nitrogen and oxygen atoms in total. The molecule has 0 atom stereocenters. The molecule has 0 amide bonds. The summed E-state index contributed by atoms with van der Waals surface area (Å²) < 4.78 is 5.35. The summed E-state index contributed by atoms with van der Waals surface area (Å²) in [6, 6.07) is 4.68. The quantitative estimate of drug-likeness (QED) is 0.838. The van der Waals surface area contributed by atoms with E-state index in [4.69, 9.17) is 4.42 Å². The predicted octanol–water partition coefficient (Wildman–Crippen LogP) is 4.36. The van der Waals surface area contributed by atoms with E-state index in [9.17, 15) is 0 Å². The van der Waals surface area contributed by atoms with Crippen LogP contribution in [0.5, 0.6) is 0 Å². The Bertz CT molecular complexity index is 334. The molecule has 2 heteroatoms. The van der Waals surface area contributed by atoms with Crippen molar-refractivity contribution < 1.29 is 4.42 Å². The van der Waals surface area contributed by atoms with Crippen molar-refractivity contribution in [2.24, 2.45) is 11.3 Å². The number of hydrogen-bond donors (Lipinski definition) is 1. The smallest absolute Gasteiger partial charge is 0.117 e. The Kier molecular flexibility index (Phi) is 4.50. The molecule has 0 aliphatic heterocycles. The molecule has 1 N–H and O–H groups in total. The van der Waals surface area contributed by atoms with Crippen molar-refractivity contribution in [3.63, 3.8) is 0 Å². The fourth-order valence-corrected chi connectivity index (χ4v) is 3.03. The summed E-state index contributed by atoms with van der Waals surface area (Å²) in [7, 11) is 0. The van der Waals surface area contributed by atoms with E-state index in [0.717, 1.165) is 18.2 Å². The van der Waals surface area contributed by atoms with Gasteiger partial charge in [-0.25, -0.2) is 0 Å². The van der Waals surface area contributed by atoms with Crippen molar-refractivity contribution in [1.29, 1.82) is 0 Å². The summed E-state index contributed by atoms with van der Waals surface area (Å²) in [5.74, 6) is 1.95. The number of hydrogen-bond acceptors (Lipinski definition) is 2. The van der Waals surface area contributed by atoms with Gasteiger partial charge in [-0.2, -0.15) is 0 Å². The van der Waals surface area contributed by atoms with Gasteiger partial charge in [0.25, 0.3) is 0 Å².